The number of H-pyrrole nitrogens is 1. The van der Waals surface area contributed by atoms with Crippen molar-refractivity contribution in [2.24, 2.45) is 0 Å². The van der Waals surface area contributed by atoms with Crippen molar-refractivity contribution in [1.82, 2.24) is 10.3 Å². The van der Waals surface area contributed by atoms with Gasteiger partial charge in [-0.2, -0.15) is 13.2 Å². The number of halogens is 6. The van der Waals surface area contributed by atoms with Crippen LogP contribution in [0.25, 0.3) is 0 Å². The molecule has 2 aromatic carbocycles. The number of rotatable bonds is 0. The summed E-state index contributed by atoms with van der Waals surface area (Å²) in [5, 5.41) is 2.96. The van der Waals surface area contributed by atoms with E-state index in [0.717, 1.165) is 11.0 Å². The van der Waals surface area contributed by atoms with E-state index in [4.69, 9.17) is 0 Å². The molecule has 2 N–H and O–H groups in total. The first-order valence-electron chi connectivity index (χ1n) is 10.9. The van der Waals surface area contributed by atoms with Gasteiger partial charge < -0.3 is 15.2 Å². The van der Waals surface area contributed by atoms with Gasteiger partial charge in [0.1, 0.15) is 12.5 Å². The lowest BCUT2D eigenvalue weighted by Crippen LogP contribution is -2.46. The largest absolute Gasteiger partial charge is 0.419 e. The first kappa shape index (κ1) is 23.9. The van der Waals surface area contributed by atoms with Crippen molar-refractivity contribution >= 4 is 23.0 Å². The highest BCUT2D eigenvalue weighted by Crippen LogP contribution is 2.42. The van der Waals surface area contributed by atoms with Crippen molar-refractivity contribution in [3.05, 3.63) is 86.1 Å². The van der Waals surface area contributed by atoms with Crippen molar-refractivity contribution in [2.45, 2.75) is 26.1 Å². The van der Waals surface area contributed by atoms with E-state index in [1.807, 2.05) is 0 Å². The zero-order chi connectivity index (χ0) is 25.9. The van der Waals surface area contributed by atoms with Crippen LogP contribution in [0.5, 0.6) is 0 Å². The predicted molar refractivity (Wildman–Crippen MR) is 119 cm³/mol. The zero-order valence-corrected chi connectivity index (χ0v) is 18.7. The molecule has 1 amide bonds. The van der Waals surface area contributed by atoms with Crippen LogP contribution in [-0.2, 0) is 19.1 Å². The maximum Gasteiger partial charge on any atom is 0.419 e. The molecule has 0 fully saturated rings. The van der Waals surface area contributed by atoms with Gasteiger partial charge in [-0.15, -0.1) is 0 Å². The lowest BCUT2D eigenvalue weighted by molar-refractivity contribution is -0.140. The quantitative estimate of drug-likeness (QED) is 0.439. The number of benzene rings is 2. The normalized spacial score (nSPS) is 15.7. The summed E-state index contributed by atoms with van der Waals surface area (Å²) in [6.45, 7) is 1.18. The minimum atomic E-state index is -5.08. The second kappa shape index (κ2) is 8.40. The molecule has 3 heterocycles. The molecular weight excluding hydrogens is 490 g/mol. The first-order valence-corrected chi connectivity index (χ1v) is 10.9. The highest BCUT2D eigenvalue weighted by molar-refractivity contribution is 6.13. The van der Waals surface area contributed by atoms with Crippen molar-refractivity contribution in [3.8, 4) is 0 Å². The van der Waals surface area contributed by atoms with Crippen molar-refractivity contribution in [2.75, 3.05) is 23.0 Å². The van der Waals surface area contributed by atoms with E-state index in [9.17, 15) is 35.9 Å². The third-order valence-corrected chi connectivity index (χ3v) is 6.33. The molecule has 2 aliphatic heterocycles. The smallest absolute Gasteiger partial charge is 0.324 e. The average Bonchev–Trinajstić information content (AvgIpc) is 2.83. The molecule has 12 heteroatoms. The van der Waals surface area contributed by atoms with Gasteiger partial charge in [0.05, 0.1) is 28.2 Å². The van der Waals surface area contributed by atoms with Gasteiger partial charge in [0.25, 0.3) is 11.5 Å². The predicted octanol–water partition coefficient (Wildman–Crippen LogP) is 4.52. The van der Waals surface area contributed by atoms with E-state index < -0.39 is 46.2 Å². The Hall–Kier alpha value is -3.80. The van der Waals surface area contributed by atoms with Gasteiger partial charge in [-0.3, -0.25) is 14.5 Å². The Kier molecular flexibility index (Phi) is 5.58. The molecule has 2 bridgehead atoms. The number of anilines is 3. The van der Waals surface area contributed by atoms with Crippen LogP contribution in [-0.4, -0.2) is 24.1 Å². The molecule has 3 aromatic rings. The monoisotopic (exact) mass is 508 g/mol. The number of amides is 1. The number of carbonyl (C=O) groups is 1. The highest BCUT2D eigenvalue weighted by atomic mass is 19.4. The van der Waals surface area contributed by atoms with Gasteiger partial charge in [-0.1, -0.05) is 0 Å². The Morgan fingerprint density at radius 2 is 1.67 bits per heavy atom. The summed E-state index contributed by atoms with van der Waals surface area (Å²) in [6.07, 6.45) is -4.91. The van der Waals surface area contributed by atoms with Crippen LogP contribution in [0.3, 0.4) is 0 Å². The molecule has 36 heavy (non-hydrogen) atoms. The third kappa shape index (κ3) is 3.81. The van der Waals surface area contributed by atoms with Crippen LogP contribution in [0, 0.1) is 24.4 Å². The van der Waals surface area contributed by atoms with Crippen LogP contribution in [0.15, 0.2) is 35.1 Å². The first-order chi connectivity index (χ1) is 17.0. The van der Waals surface area contributed by atoms with Crippen LogP contribution >= 0.6 is 0 Å². The molecule has 0 aliphatic carbocycles. The fourth-order valence-corrected chi connectivity index (χ4v) is 4.51. The van der Waals surface area contributed by atoms with E-state index in [2.05, 4.69) is 10.3 Å². The Morgan fingerprint density at radius 3 is 2.39 bits per heavy atom. The number of aryl methyl sites for hydroxylation is 1. The number of alkyl halides is 3. The SMILES string of the molecule is Cc1cc2c([nH]c1=O)CCNCc1c(ccc(F)c1F)N1CN2C(=O)c2cc(C(F)(F)F)c(F)cc21. The minimum absolute atomic E-state index is 0.0453. The molecule has 0 spiro atoms. The molecule has 188 valence electrons. The van der Waals surface area contributed by atoms with Gasteiger partial charge in [0.2, 0.25) is 0 Å². The summed E-state index contributed by atoms with van der Waals surface area (Å²) >= 11 is 0. The average molecular weight is 508 g/mol. The fraction of sp³-hybridized carbons (Fsp3) is 0.250. The van der Waals surface area contributed by atoms with Crippen molar-refractivity contribution in [3.63, 3.8) is 0 Å². The third-order valence-electron chi connectivity index (χ3n) is 6.33. The Labute approximate surface area is 200 Å². The maximum atomic E-state index is 14.9. The second-order valence-corrected chi connectivity index (χ2v) is 8.58. The lowest BCUT2D eigenvalue weighted by Gasteiger charge is -2.39. The lowest BCUT2D eigenvalue weighted by atomic mass is 10.0. The number of nitrogens with zero attached hydrogens (tertiary/aromatic N) is 2. The number of aromatic nitrogens is 1. The Balaban J connectivity index is 1.82. The minimum Gasteiger partial charge on any atom is -0.324 e. The number of fused-ring (bicyclic) bond motifs is 8. The molecule has 5 rings (SSSR count). The van der Waals surface area contributed by atoms with E-state index in [1.54, 1.807) is 0 Å². The molecule has 0 saturated heterocycles. The number of pyridine rings is 1. The molecule has 0 saturated carbocycles. The van der Waals surface area contributed by atoms with E-state index >= 15 is 0 Å². The zero-order valence-electron chi connectivity index (χ0n) is 18.7. The Bertz CT molecular complexity index is 1470. The van der Waals surface area contributed by atoms with Crippen LogP contribution in [0.4, 0.5) is 43.4 Å². The van der Waals surface area contributed by atoms with Crippen LogP contribution in [0.1, 0.15) is 32.7 Å². The second-order valence-electron chi connectivity index (χ2n) is 8.58. The molecule has 1 aromatic heterocycles. The summed E-state index contributed by atoms with van der Waals surface area (Å²) in [6, 6.07) is 4.50. The summed E-state index contributed by atoms with van der Waals surface area (Å²) < 4.78 is 84.2. The van der Waals surface area contributed by atoms with Crippen molar-refractivity contribution < 1.29 is 31.1 Å². The van der Waals surface area contributed by atoms with Gasteiger partial charge in [0, 0.05) is 36.3 Å². The molecule has 6 nitrogen and oxygen atoms in total. The highest BCUT2D eigenvalue weighted by Gasteiger charge is 2.40. The van der Waals surface area contributed by atoms with E-state index in [-0.39, 0.29) is 54.4 Å². The molecule has 0 atom stereocenters. The van der Waals surface area contributed by atoms with Crippen LogP contribution < -0.4 is 20.7 Å². The number of hydrogen-bond donors (Lipinski definition) is 2. The Morgan fingerprint density at radius 1 is 0.917 bits per heavy atom. The molecular formula is C24H18F6N4O2. The standard InChI is InChI=1S/C24H18F6N4O2/c1-11-6-20-17(32-22(11)35)4-5-31-9-13-18(3-2-15(25)21(13)27)33-10-34(20)23(36)12-7-14(24(28,29)30)16(26)8-19(12)33/h2-3,6-8,31H,4-5,9-10H2,1H3,(H,32,35). The van der Waals surface area contributed by atoms with Gasteiger partial charge >= 0.3 is 6.18 Å². The summed E-state index contributed by atoms with van der Waals surface area (Å²) in [7, 11) is 0. The van der Waals surface area contributed by atoms with Crippen molar-refractivity contribution in [1.29, 1.82) is 0 Å². The number of hydrogen-bond acceptors (Lipinski definition) is 4. The summed E-state index contributed by atoms with van der Waals surface area (Å²) in [5.41, 5.74) is -2.04. The number of carbonyl (C=O) groups excluding carboxylic acids is 1. The van der Waals surface area contributed by atoms with Gasteiger partial charge in [-0.05, 0) is 37.3 Å². The number of aromatic amines is 1. The summed E-state index contributed by atoms with van der Waals surface area (Å²) in [5.74, 6) is -4.80. The van der Waals surface area contributed by atoms with E-state index in [0.29, 0.717) is 17.8 Å². The fourth-order valence-electron chi connectivity index (χ4n) is 4.51. The van der Waals surface area contributed by atoms with Gasteiger partial charge in [-0.25, -0.2) is 13.2 Å². The van der Waals surface area contributed by atoms with Gasteiger partial charge in [0.15, 0.2) is 11.6 Å². The topological polar surface area (TPSA) is 68.4 Å². The number of nitrogens with one attached hydrogen (secondary N) is 2. The molecule has 0 radical (unpaired) electrons. The maximum absolute atomic E-state index is 14.9. The van der Waals surface area contributed by atoms with Crippen LogP contribution in [0.2, 0.25) is 0 Å². The van der Waals surface area contributed by atoms with E-state index in [1.165, 1.54) is 24.0 Å². The molecule has 0 unspecified atom stereocenters. The molecule has 2 aliphatic rings. The summed E-state index contributed by atoms with van der Waals surface area (Å²) in [4.78, 5) is 30.9.